The van der Waals surface area contributed by atoms with E-state index in [4.69, 9.17) is 14.2 Å². The van der Waals surface area contributed by atoms with Gasteiger partial charge in [-0.05, 0) is 66.1 Å². The molecule has 7 heteroatoms. The summed E-state index contributed by atoms with van der Waals surface area (Å²) in [6.45, 7) is 2.69. The molecule has 0 unspecified atom stereocenters. The summed E-state index contributed by atoms with van der Waals surface area (Å²) in [5, 5.41) is 0. The van der Waals surface area contributed by atoms with Gasteiger partial charge in [0.05, 0.1) is 19.3 Å². The summed E-state index contributed by atoms with van der Waals surface area (Å²) in [6.07, 6.45) is 6.04. The van der Waals surface area contributed by atoms with Crippen LogP contribution in [0.1, 0.15) is 55.8 Å². The molecule has 0 aromatic heterocycles. The Bertz CT molecular complexity index is 1130. The van der Waals surface area contributed by atoms with Gasteiger partial charge in [0.1, 0.15) is 11.5 Å². The van der Waals surface area contributed by atoms with Gasteiger partial charge in [0.2, 0.25) is 0 Å². The van der Waals surface area contributed by atoms with E-state index < -0.39 is 17.9 Å². The van der Waals surface area contributed by atoms with Crippen molar-refractivity contribution in [3.63, 3.8) is 0 Å². The Morgan fingerprint density at radius 1 is 0.750 bits per heavy atom. The average Bonchev–Trinajstić information content (AvgIpc) is 2.89. The fourth-order valence-electron chi connectivity index (χ4n) is 3.54. The van der Waals surface area contributed by atoms with Crippen molar-refractivity contribution in [2.45, 2.75) is 45.4 Å². The van der Waals surface area contributed by atoms with Crippen LogP contribution in [-0.2, 0) is 4.74 Å². The Morgan fingerprint density at radius 3 is 2.03 bits per heavy atom. The molecule has 0 bridgehead atoms. The summed E-state index contributed by atoms with van der Waals surface area (Å²) >= 11 is 0. The third kappa shape index (κ3) is 8.12. The highest BCUT2D eigenvalue weighted by atomic mass is 19.1. The van der Waals surface area contributed by atoms with Crippen LogP contribution in [0.5, 0.6) is 17.2 Å². The fraction of sp³-hybridized carbons (Fsp3) is 0.310. The lowest BCUT2D eigenvalue weighted by Gasteiger charge is -2.10. The Balaban J connectivity index is 1.52. The van der Waals surface area contributed by atoms with E-state index in [1.165, 1.54) is 63.1 Å². The number of carbonyl (C=O) groups is 2. The Labute approximate surface area is 211 Å². The first kappa shape index (κ1) is 26.7. The summed E-state index contributed by atoms with van der Waals surface area (Å²) in [6, 6.07) is 17.6. The molecule has 3 aromatic rings. The number of halogens is 1. The summed E-state index contributed by atoms with van der Waals surface area (Å²) in [4.78, 5) is 23.5. The van der Waals surface area contributed by atoms with Crippen LogP contribution in [0, 0.1) is 5.82 Å². The Morgan fingerprint density at radius 2 is 1.36 bits per heavy atom. The van der Waals surface area contributed by atoms with Crippen LogP contribution in [0.2, 0.25) is 0 Å². The van der Waals surface area contributed by atoms with Gasteiger partial charge in [-0.2, -0.15) is 0 Å². The Hall–Kier alpha value is -3.87. The zero-order chi connectivity index (χ0) is 25.8. The monoisotopic (exact) mass is 494 g/mol. The van der Waals surface area contributed by atoms with Gasteiger partial charge in [-0.1, -0.05) is 57.2 Å². The predicted octanol–water partition coefficient (Wildman–Crippen LogP) is 7.60. The minimum atomic E-state index is -0.847. The van der Waals surface area contributed by atoms with Gasteiger partial charge in [-0.25, -0.2) is 14.0 Å². The predicted molar refractivity (Wildman–Crippen MR) is 135 cm³/mol. The fourth-order valence-corrected chi connectivity index (χ4v) is 3.54. The maximum Gasteiger partial charge on any atom is 0.513 e. The normalized spacial score (nSPS) is 10.5. The van der Waals surface area contributed by atoms with Crippen molar-refractivity contribution in [3.05, 3.63) is 78.1 Å². The molecule has 0 aliphatic carbocycles. The average molecular weight is 495 g/mol. The van der Waals surface area contributed by atoms with Gasteiger partial charge in [-0.3, -0.25) is 0 Å². The summed E-state index contributed by atoms with van der Waals surface area (Å²) in [5.74, 6) is -0.133. The molecular weight excluding hydrogens is 463 g/mol. The second-order valence-electron chi connectivity index (χ2n) is 8.26. The number of carbonyl (C=O) groups excluding carboxylic acids is 2. The number of methoxy groups -OCH3 is 1. The molecule has 3 aromatic carbocycles. The van der Waals surface area contributed by atoms with Crippen molar-refractivity contribution in [2.24, 2.45) is 0 Å². The zero-order valence-electron chi connectivity index (χ0n) is 20.6. The van der Waals surface area contributed by atoms with Crippen LogP contribution >= 0.6 is 0 Å². The molecule has 190 valence electrons. The van der Waals surface area contributed by atoms with E-state index in [0.29, 0.717) is 17.9 Å². The molecule has 36 heavy (non-hydrogen) atoms. The highest BCUT2D eigenvalue weighted by molar-refractivity contribution is 5.91. The molecule has 0 atom stereocenters. The molecule has 0 amide bonds. The summed E-state index contributed by atoms with van der Waals surface area (Å²) < 4.78 is 34.8. The third-order valence-electron chi connectivity index (χ3n) is 5.54. The number of hydrogen-bond donors (Lipinski definition) is 0. The van der Waals surface area contributed by atoms with Crippen LogP contribution in [-0.4, -0.2) is 25.8 Å². The molecule has 6 nitrogen and oxygen atoms in total. The standard InChI is InChI=1S/C29H31FO6/c1-3-4-5-6-7-8-19-34-27-18-13-23(20-26(27)30)21-9-14-24(15-10-21)35-28(31)22-11-16-25(17-12-22)36-29(32)33-2/h9-18,20H,3-8,19H2,1-2H3. The first-order valence-corrected chi connectivity index (χ1v) is 12.1. The number of unbranched alkanes of at least 4 members (excludes halogenated alkanes) is 5. The van der Waals surface area contributed by atoms with Crippen molar-refractivity contribution in [1.82, 2.24) is 0 Å². The van der Waals surface area contributed by atoms with E-state index in [-0.39, 0.29) is 17.1 Å². The maximum atomic E-state index is 14.5. The number of benzene rings is 3. The molecule has 0 heterocycles. The maximum absolute atomic E-state index is 14.5. The van der Waals surface area contributed by atoms with Crippen molar-refractivity contribution in [2.75, 3.05) is 13.7 Å². The minimum absolute atomic E-state index is 0.244. The lowest BCUT2D eigenvalue weighted by atomic mass is 10.1. The van der Waals surface area contributed by atoms with Gasteiger partial charge in [0.25, 0.3) is 0 Å². The van der Waals surface area contributed by atoms with Gasteiger partial charge >= 0.3 is 12.1 Å². The van der Waals surface area contributed by atoms with Crippen molar-refractivity contribution in [1.29, 1.82) is 0 Å². The van der Waals surface area contributed by atoms with E-state index in [1.54, 1.807) is 36.4 Å². The van der Waals surface area contributed by atoms with Gasteiger partial charge in [0.15, 0.2) is 11.6 Å². The van der Waals surface area contributed by atoms with Crippen molar-refractivity contribution in [3.8, 4) is 28.4 Å². The lowest BCUT2D eigenvalue weighted by Crippen LogP contribution is -2.09. The quantitative estimate of drug-likeness (QED) is 0.112. The number of rotatable bonds is 12. The lowest BCUT2D eigenvalue weighted by molar-refractivity contribution is 0.0734. The molecule has 3 rings (SSSR count). The largest absolute Gasteiger partial charge is 0.513 e. The van der Waals surface area contributed by atoms with Crippen LogP contribution < -0.4 is 14.2 Å². The van der Waals surface area contributed by atoms with E-state index in [2.05, 4.69) is 11.7 Å². The van der Waals surface area contributed by atoms with Crippen LogP contribution in [0.25, 0.3) is 11.1 Å². The van der Waals surface area contributed by atoms with Gasteiger partial charge < -0.3 is 18.9 Å². The van der Waals surface area contributed by atoms with E-state index in [0.717, 1.165) is 18.4 Å². The highest BCUT2D eigenvalue weighted by Gasteiger charge is 2.11. The van der Waals surface area contributed by atoms with Crippen LogP contribution in [0.3, 0.4) is 0 Å². The zero-order valence-corrected chi connectivity index (χ0v) is 20.6. The molecular formula is C29H31FO6. The summed E-state index contributed by atoms with van der Waals surface area (Å²) in [7, 11) is 1.21. The van der Waals surface area contributed by atoms with Crippen molar-refractivity contribution < 1.29 is 32.9 Å². The topological polar surface area (TPSA) is 71.1 Å². The number of esters is 1. The van der Waals surface area contributed by atoms with Crippen LogP contribution in [0.15, 0.2) is 66.7 Å². The van der Waals surface area contributed by atoms with E-state index in [9.17, 15) is 14.0 Å². The molecule has 0 aliphatic rings. The Kier molecular flexibility index (Phi) is 10.3. The smallest absolute Gasteiger partial charge is 0.491 e. The molecule has 0 fully saturated rings. The second kappa shape index (κ2) is 13.9. The molecule has 0 saturated carbocycles. The molecule has 0 spiro atoms. The third-order valence-corrected chi connectivity index (χ3v) is 5.54. The van der Waals surface area contributed by atoms with Gasteiger partial charge in [0, 0.05) is 0 Å². The minimum Gasteiger partial charge on any atom is -0.491 e. The SMILES string of the molecule is CCCCCCCCOc1ccc(-c2ccc(OC(=O)c3ccc(OC(=O)OC)cc3)cc2)cc1F. The first-order valence-electron chi connectivity index (χ1n) is 12.1. The number of ether oxygens (including phenoxy) is 4. The van der Waals surface area contributed by atoms with E-state index in [1.807, 2.05) is 0 Å². The molecule has 0 radical (unpaired) electrons. The molecule has 0 saturated heterocycles. The van der Waals surface area contributed by atoms with Crippen molar-refractivity contribution >= 4 is 12.1 Å². The summed E-state index contributed by atoms with van der Waals surface area (Å²) in [5.41, 5.74) is 1.76. The van der Waals surface area contributed by atoms with Crippen LogP contribution in [0.4, 0.5) is 9.18 Å². The first-order chi connectivity index (χ1) is 17.5. The number of hydrogen-bond acceptors (Lipinski definition) is 6. The molecule has 0 aliphatic heterocycles. The van der Waals surface area contributed by atoms with E-state index >= 15 is 0 Å². The second-order valence-corrected chi connectivity index (χ2v) is 8.26. The molecule has 0 N–H and O–H groups in total. The highest BCUT2D eigenvalue weighted by Crippen LogP contribution is 2.28. The van der Waals surface area contributed by atoms with Gasteiger partial charge in [-0.15, -0.1) is 0 Å².